The molecule has 0 saturated carbocycles. The quantitative estimate of drug-likeness (QED) is 0.691. The third-order valence-electron chi connectivity index (χ3n) is 4.33. The number of nitrogens with one attached hydrogen (secondary N) is 2. The highest BCUT2D eigenvalue weighted by molar-refractivity contribution is 6.01. The molecule has 1 aromatic heterocycles. The van der Waals surface area contributed by atoms with Crippen LogP contribution in [-0.4, -0.2) is 32.6 Å². The topological polar surface area (TPSA) is 88.9 Å². The highest BCUT2D eigenvalue weighted by Gasteiger charge is 2.24. The Hall–Kier alpha value is -3.48. The number of anilines is 1. The van der Waals surface area contributed by atoms with E-state index >= 15 is 0 Å². The van der Waals surface area contributed by atoms with Gasteiger partial charge in [-0.2, -0.15) is 5.10 Å². The van der Waals surface area contributed by atoms with Crippen LogP contribution in [-0.2, 0) is 4.79 Å². The molecule has 0 saturated heterocycles. The number of nitrogens with zero attached hydrogens (tertiary/aromatic N) is 3. The number of carbonyl (C=O) groups excluding carboxylic acids is 2. The normalized spacial score (nSPS) is 11.9. The lowest BCUT2D eigenvalue weighted by molar-refractivity contribution is -0.118. The van der Waals surface area contributed by atoms with Gasteiger partial charge >= 0.3 is 0 Å². The summed E-state index contributed by atoms with van der Waals surface area (Å²) in [4.78, 5) is 29.2. The molecule has 2 aromatic carbocycles. The molecule has 1 atom stereocenters. The second-order valence-electron chi connectivity index (χ2n) is 6.94. The van der Waals surface area contributed by atoms with Crippen molar-refractivity contribution in [2.24, 2.45) is 5.92 Å². The first-order valence-electron chi connectivity index (χ1n) is 9.07. The first-order valence-corrected chi connectivity index (χ1v) is 9.07. The summed E-state index contributed by atoms with van der Waals surface area (Å²) in [6, 6.07) is 13.9. The lowest BCUT2D eigenvalue weighted by Crippen LogP contribution is -2.47. The van der Waals surface area contributed by atoms with Gasteiger partial charge in [0.05, 0.1) is 5.69 Å². The van der Waals surface area contributed by atoms with Crippen LogP contribution in [0.5, 0.6) is 0 Å². The van der Waals surface area contributed by atoms with E-state index in [1.165, 1.54) is 6.33 Å². The van der Waals surface area contributed by atoms with Crippen LogP contribution in [0.3, 0.4) is 0 Å². The van der Waals surface area contributed by atoms with E-state index in [9.17, 15) is 9.59 Å². The van der Waals surface area contributed by atoms with Crippen molar-refractivity contribution in [2.45, 2.75) is 26.8 Å². The Balaban J connectivity index is 1.68. The summed E-state index contributed by atoms with van der Waals surface area (Å²) >= 11 is 0. The molecule has 0 radical (unpaired) electrons. The molecule has 1 unspecified atom stereocenters. The summed E-state index contributed by atoms with van der Waals surface area (Å²) in [5.74, 6) is -0.591. The fourth-order valence-electron chi connectivity index (χ4n) is 2.80. The number of carbonyl (C=O) groups is 2. The molecule has 144 valence electrons. The number of aryl methyl sites for hydroxylation is 1. The van der Waals surface area contributed by atoms with Crippen molar-refractivity contribution in [3.05, 3.63) is 72.3 Å². The maximum atomic E-state index is 12.7. The lowest BCUT2D eigenvalue weighted by Gasteiger charge is -2.22. The van der Waals surface area contributed by atoms with Gasteiger partial charge in [0.1, 0.15) is 18.7 Å². The molecule has 7 heteroatoms. The van der Waals surface area contributed by atoms with E-state index in [4.69, 9.17) is 0 Å². The van der Waals surface area contributed by atoms with Gasteiger partial charge in [-0.3, -0.25) is 9.59 Å². The van der Waals surface area contributed by atoms with E-state index in [0.717, 1.165) is 11.3 Å². The van der Waals surface area contributed by atoms with Gasteiger partial charge in [-0.05, 0) is 49.2 Å². The predicted molar refractivity (Wildman–Crippen MR) is 107 cm³/mol. The van der Waals surface area contributed by atoms with Gasteiger partial charge in [0, 0.05) is 11.3 Å². The van der Waals surface area contributed by atoms with Crippen molar-refractivity contribution >= 4 is 17.5 Å². The smallest absolute Gasteiger partial charge is 0.251 e. The Morgan fingerprint density at radius 3 is 2.43 bits per heavy atom. The molecular formula is C21H23N5O2. The summed E-state index contributed by atoms with van der Waals surface area (Å²) in [6.07, 6.45) is 3.06. The maximum Gasteiger partial charge on any atom is 0.251 e. The van der Waals surface area contributed by atoms with Crippen molar-refractivity contribution in [1.29, 1.82) is 0 Å². The van der Waals surface area contributed by atoms with E-state index in [1.807, 2.05) is 45.0 Å². The third-order valence-corrected chi connectivity index (χ3v) is 4.33. The molecule has 0 aliphatic heterocycles. The predicted octanol–water partition coefficient (Wildman–Crippen LogP) is 2.97. The van der Waals surface area contributed by atoms with Crippen LogP contribution < -0.4 is 10.6 Å². The Kier molecular flexibility index (Phi) is 5.84. The van der Waals surface area contributed by atoms with Gasteiger partial charge in [-0.25, -0.2) is 9.67 Å². The number of hydrogen-bond acceptors (Lipinski definition) is 4. The highest BCUT2D eigenvalue weighted by Crippen LogP contribution is 2.14. The zero-order chi connectivity index (χ0) is 20.1. The van der Waals surface area contributed by atoms with Crippen LogP contribution in [0.1, 0.15) is 29.8 Å². The standard InChI is InChI=1S/C21H23N5O2/c1-14(2)19(25-20(27)16-6-4-5-15(3)11-16)21(28)24-17-7-9-18(10-8-17)26-13-22-12-23-26/h4-14,19H,1-3H3,(H,24,28)(H,25,27). The zero-order valence-corrected chi connectivity index (χ0v) is 16.1. The molecule has 3 aromatic rings. The minimum Gasteiger partial charge on any atom is -0.340 e. The van der Waals surface area contributed by atoms with Crippen LogP contribution >= 0.6 is 0 Å². The van der Waals surface area contributed by atoms with E-state index < -0.39 is 6.04 Å². The van der Waals surface area contributed by atoms with Gasteiger partial charge < -0.3 is 10.6 Å². The van der Waals surface area contributed by atoms with Crippen molar-refractivity contribution in [3.63, 3.8) is 0 Å². The summed E-state index contributed by atoms with van der Waals surface area (Å²) in [7, 11) is 0. The summed E-state index contributed by atoms with van der Waals surface area (Å²) < 4.78 is 1.63. The summed E-state index contributed by atoms with van der Waals surface area (Å²) in [6.45, 7) is 5.72. The zero-order valence-electron chi connectivity index (χ0n) is 16.1. The summed E-state index contributed by atoms with van der Waals surface area (Å²) in [5, 5.41) is 9.77. The molecule has 2 amide bonds. The molecule has 0 bridgehead atoms. The minimum absolute atomic E-state index is 0.0665. The van der Waals surface area contributed by atoms with E-state index in [-0.39, 0.29) is 17.7 Å². The Labute approximate surface area is 163 Å². The van der Waals surface area contributed by atoms with Gasteiger partial charge in [-0.1, -0.05) is 31.5 Å². The molecule has 0 spiro atoms. The van der Waals surface area contributed by atoms with Gasteiger partial charge in [0.25, 0.3) is 5.91 Å². The van der Waals surface area contributed by atoms with E-state index in [2.05, 4.69) is 20.7 Å². The monoisotopic (exact) mass is 377 g/mol. The molecule has 2 N–H and O–H groups in total. The average Bonchev–Trinajstić information content (AvgIpc) is 3.21. The second-order valence-corrected chi connectivity index (χ2v) is 6.94. The molecule has 0 aliphatic rings. The largest absolute Gasteiger partial charge is 0.340 e. The van der Waals surface area contributed by atoms with Crippen LogP contribution in [0.2, 0.25) is 0 Å². The van der Waals surface area contributed by atoms with Crippen molar-refractivity contribution < 1.29 is 9.59 Å². The average molecular weight is 377 g/mol. The molecule has 7 nitrogen and oxygen atoms in total. The summed E-state index contributed by atoms with van der Waals surface area (Å²) in [5.41, 5.74) is 3.01. The van der Waals surface area contributed by atoms with Crippen molar-refractivity contribution in [3.8, 4) is 5.69 Å². The van der Waals surface area contributed by atoms with Crippen LogP contribution in [0.25, 0.3) is 5.69 Å². The van der Waals surface area contributed by atoms with Crippen LogP contribution in [0, 0.1) is 12.8 Å². The number of amides is 2. The lowest BCUT2D eigenvalue weighted by atomic mass is 10.0. The number of aromatic nitrogens is 3. The maximum absolute atomic E-state index is 12.7. The third kappa shape index (κ3) is 4.62. The minimum atomic E-state index is -0.650. The molecule has 0 aliphatic carbocycles. The second kappa shape index (κ2) is 8.47. The Morgan fingerprint density at radius 1 is 1.07 bits per heavy atom. The molecule has 28 heavy (non-hydrogen) atoms. The van der Waals surface area contributed by atoms with E-state index in [0.29, 0.717) is 11.3 Å². The molecule has 3 rings (SSSR count). The van der Waals surface area contributed by atoms with Gasteiger partial charge in [0.15, 0.2) is 0 Å². The number of benzene rings is 2. The molecular weight excluding hydrogens is 354 g/mol. The fraction of sp³-hybridized carbons (Fsp3) is 0.238. The number of rotatable bonds is 6. The highest BCUT2D eigenvalue weighted by atomic mass is 16.2. The Morgan fingerprint density at radius 2 is 1.82 bits per heavy atom. The van der Waals surface area contributed by atoms with Gasteiger partial charge in [0.2, 0.25) is 5.91 Å². The van der Waals surface area contributed by atoms with Crippen LogP contribution in [0.15, 0.2) is 61.2 Å². The van der Waals surface area contributed by atoms with Gasteiger partial charge in [-0.15, -0.1) is 0 Å². The van der Waals surface area contributed by atoms with Crippen molar-refractivity contribution in [1.82, 2.24) is 20.1 Å². The molecule has 1 heterocycles. The van der Waals surface area contributed by atoms with Crippen LogP contribution in [0.4, 0.5) is 5.69 Å². The SMILES string of the molecule is Cc1cccc(C(=O)NC(C(=O)Nc2ccc(-n3cncn3)cc2)C(C)C)c1. The first-order chi connectivity index (χ1) is 13.4. The number of hydrogen-bond donors (Lipinski definition) is 2. The fourth-order valence-corrected chi connectivity index (χ4v) is 2.80. The van der Waals surface area contributed by atoms with Crippen molar-refractivity contribution in [2.75, 3.05) is 5.32 Å². The first kappa shape index (κ1) is 19.3. The Bertz CT molecular complexity index is 949. The van der Waals surface area contributed by atoms with E-state index in [1.54, 1.807) is 35.3 Å². The molecule has 0 fully saturated rings.